The van der Waals surface area contributed by atoms with E-state index in [1.807, 2.05) is 0 Å². The fourth-order valence-electron chi connectivity index (χ4n) is 9.89. The van der Waals surface area contributed by atoms with Gasteiger partial charge in [-0.25, -0.2) is 9.13 Å². The average Bonchev–Trinajstić information content (AvgIpc) is 3.47. The van der Waals surface area contributed by atoms with E-state index in [9.17, 15) is 43.2 Å². The van der Waals surface area contributed by atoms with Gasteiger partial charge in [0.1, 0.15) is 19.3 Å². The largest absolute Gasteiger partial charge is 0.472 e. The van der Waals surface area contributed by atoms with E-state index in [4.69, 9.17) is 37.0 Å². The molecule has 510 valence electrons. The number of aliphatic hydroxyl groups excluding tert-OH is 1. The number of phosphoric ester groups is 2. The standard InChI is InChI=1S/C67H130O17P2/c1-9-59(7)45-37-29-21-15-11-12-16-22-31-39-47-64(69)77-53-62(83-66(71)49-41-33-23-17-13-14-19-27-35-43-57(3)4)55-81-85(73,74)79-51-61(68)52-80-86(75,76)82-56-63(84-67(72)50-42-34-26-25-30-38-46-60(8)10-2)54-78-65(70)48-40-32-24-18-20-28-36-44-58(5)6/h57-63,68H,9-56H2,1-8H3,(H,73,74)(H,75,76)/t59?,60?,61?,62-,63-/m1/s1. The van der Waals surface area contributed by atoms with Crippen LogP contribution in [-0.4, -0.2) is 96.7 Å². The van der Waals surface area contributed by atoms with Crippen LogP contribution < -0.4 is 0 Å². The van der Waals surface area contributed by atoms with Crippen molar-refractivity contribution in [1.29, 1.82) is 0 Å². The number of ether oxygens (including phenoxy) is 4. The summed E-state index contributed by atoms with van der Waals surface area (Å²) >= 11 is 0. The number of aliphatic hydroxyl groups is 1. The van der Waals surface area contributed by atoms with Gasteiger partial charge in [0.2, 0.25) is 0 Å². The first-order valence-corrected chi connectivity index (χ1v) is 37.8. The highest BCUT2D eigenvalue weighted by molar-refractivity contribution is 7.47. The van der Waals surface area contributed by atoms with E-state index in [1.54, 1.807) is 0 Å². The Morgan fingerprint density at radius 2 is 0.558 bits per heavy atom. The number of carbonyl (C=O) groups excluding carboxylic acids is 4. The molecular weight excluding hydrogens is 1140 g/mol. The van der Waals surface area contributed by atoms with Crippen LogP contribution in [0.5, 0.6) is 0 Å². The third-order valence-corrected chi connectivity index (χ3v) is 17.9. The summed E-state index contributed by atoms with van der Waals surface area (Å²) in [6, 6.07) is 0. The quantitative estimate of drug-likeness (QED) is 0.0222. The molecule has 19 heteroatoms. The normalized spacial score (nSPS) is 15.0. The van der Waals surface area contributed by atoms with Crippen LogP contribution in [0, 0.1) is 23.7 Å². The molecule has 3 N–H and O–H groups in total. The third-order valence-electron chi connectivity index (χ3n) is 16.0. The fourth-order valence-corrected chi connectivity index (χ4v) is 11.5. The Morgan fingerprint density at radius 1 is 0.326 bits per heavy atom. The summed E-state index contributed by atoms with van der Waals surface area (Å²) in [6.07, 6.45) is 37.6. The smallest absolute Gasteiger partial charge is 0.462 e. The lowest BCUT2D eigenvalue weighted by atomic mass is 9.99. The van der Waals surface area contributed by atoms with Gasteiger partial charge in [-0.15, -0.1) is 0 Å². The van der Waals surface area contributed by atoms with Crippen LogP contribution in [-0.2, 0) is 65.4 Å². The lowest BCUT2D eigenvalue weighted by Gasteiger charge is -2.21. The molecule has 0 radical (unpaired) electrons. The molecule has 17 nitrogen and oxygen atoms in total. The molecule has 0 amide bonds. The molecule has 0 rings (SSSR count). The molecule has 0 aliphatic carbocycles. The molecule has 0 aromatic heterocycles. The minimum absolute atomic E-state index is 0.102. The lowest BCUT2D eigenvalue weighted by molar-refractivity contribution is -0.161. The van der Waals surface area contributed by atoms with Crippen LogP contribution in [0.15, 0.2) is 0 Å². The molecule has 0 spiro atoms. The van der Waals surface area contributed by atoms with Gasteiger partial charge >= 0.3 is 39.5 Å². The van der Waals surface area contributed by atoms with Gasteiger partial charge in [0.25, 0.3) is 0 Å². The summed E-state index contributed by atoms with van der Waals surface area (Å²) in [6.45, 7) is 14.0. The first kappa shape index (κ1) is 84.1. The summed E-state index contributed by atoms with van der Waals surface area (Å²) in [4.78, 5) is 72.4. The monoisotopic (exact) mass is 1270 g/mol. The molecule has 0 aromatic rings. The molecule has 0 bridgehead atoms. The number of hydrogen-bond donors (Lipinski definition) is 3. The Kier molecular flexibility index (Phi) is 55.7. The van der Waals surface area contributed by atoms with Gasteiger partial charge in [-0.05, 0) is 49.4 Å². The highest BCUT2D eigenvalue weighted by Crippen LogP contribution is 2.45. The minimum Gasteiger partial charge on any atom is -0.462 e. The fraction of sp³-hybridized carbons (Fsp3) is 0.940. The van der Waals surface area contributed by atoms with Crippen molar-refractivity contribution in [2.75, 3.05) is 39.6 Å². The number of esters is 4. The van der Waals surface area contributed by atoms with Crippen LogP contribution in [0.25, 0.3) is 0 Å². The van der Waals surface area contributed by atoms with Gasteiger partial charge in [0.15, 0.2) is 12.2 Å². The Bertz CT molecular complexity index is 1720. The highest BCUT2D eigenvalue weighted by Gasteiger charge is 2.30. The third kappa shape index (κ3) is 58.4. The Balaban J connectivity index is 5.26. The SMILES string of the molecule is CCC(C)CCCCCCCCCCCCC(=O)OC[C@H](COP(=O)(O)OCC(O)COP(=O)(O)OC[C@@H](COC(=O)CCCCCCCCCC(C)C)OC(=O)CCCCCCCCC(C)CC)OC(=O)CCCCCCCCCCCC(C)C. The summed E-state index contributed by atoms with van der Waals surface area (Å²) < 4.78 is 68.1. The number of rotatable bonds is 64. The Morgan fingerprint density at radius 3 is 0.826 bits per heavy atom. The second kappa shape index (κ2) is 57.0. The first-order valence-electron chi connectivity index (χ1n) is 34.8. The van der Waals surface area contributed by atoms with E-state index in [-0.39, 0.29) is 25.7 Å². The van der Waals surface area contributed by atoms with Gasteiger partial charge in [0, 0.05) is 25.7 Å². The van der Waals surface area contributed by atoms with Crippen molar-refractivity contribution in [2.24, 2.45) is 23.7 Å². The van der Waals surface area contributed by atoms with Gasteiger partial charge < -0.3 is 33.8 Å². The zero-order chi connectivity index (χ0) is 63.9. The van der Waals surface area contributed by atoms with Gasteiger partial charge in [-0.2, -0.15) is 0 Å². The van der Waals surface area contributed by atoms with Crippen molar-refractivity contribution >= 4 is 39.5 Å². The van der Waals surface area contributed by atoms with Crippen LogP contribution >= 0.6 is 15.6 Å². The summed E-state index contributed by atoms with van der Waals surface area (Å²) in [5.74, 6) is 0.834. The first-order chi connectivity index (χ1) is 41.2. The van der Waals surface area contributed by atoms with E-state index in [0.29, 0.717) is 31.6 Å². The van der Waals surface area contributed by atoms with Crippen LogP contribution in [0.2, 0.25) is 0 Å². The topological polar surface area (TPSA) is 237 Å². The number of phosphoric acid groups is 2. The van der Waals surface area contributed by atoms with E-state index in [2.05, 4.69) is 55.4 Å². The maximum atomic E-state index is 13.0. The molecular formula is C67H130O17P2. The number of unbranched alkanes of at least 4 members (excludes halogenated alkanes) is 28. The van der Waals surface area contributed by atoms with Crippen molar-refractivity contribution in [3.63, 3.8) is 0 Å². The highest BCUT2D eigenvalue weighted by atomic mass is 31.2. The van der Waals surface area contributed by atoms with Crippen molar-refractivity contribution in [3.8, 4) is 0 Å². The lowest BCUT2D eigenvalue weighted by Crippen LogP contribution is -2.30. The van der Waals surface area contributed by atoms with Gasteiger partial charge in [-0.1, -0.05) is 274 Å². The number of hydrogen-bond acceptors (Lipinski definition) is 15. The molecule has 0 heterocycles. The van der Waals surface area contributed by atoms with Crippen molar-refractivity contribution in [2.45, 2.75) is 343 Å². The molecule has 86 heavy (non-hydrogen) atoms. The van der Waals surface area contributed by atoms with E-state index >= 15 is 0 Å². The Labute approximate surface area is 524 Å². The predicted molar refractivity (Wildman–Crippen MR) is 344 cm³/mol. The molecule has 0 saturated heterocycles. The molecule has 0 aliphatic heterocycles. The summed E-state index contributed by atoms with van der Waals surface area (Å²) in [7, 11) is -9.90. The van der Waals surface area contributed by atoms with E-state index < -0.39 is 97.5 Å². The molecule has 0 aromatic carbocycles. The molecule has 0 saturated carbocycles. The van der Waals surface area contributed by atoms with Crippen LogP contribution in [0.4, 0.5) is 0 Å². The Hall–Kier alpha value is -1.94. The zero-order valence-corrected chi connectivity index (χ0v) is 57.7. The zero-order valence-electron chi connectivity index (χ0n) is 55.9. The van der Waals surface area contributed by atoms with Crippen LogP contribution in [0.3, 0.4) is 0 Å². The van der Waals surface area contributed by atoms with E-state index in [0.717, 1.165) is 114 Å². The number of carbonyl (C=O) groups is 4. The summed E-state index contributed by atoms with van der Waals surface area (Å²) in [5.41, 5.74) is 0. The van der Waals surface area contributed by atoms with Crippen molar-refractivity contribution in [3.05, 3.63) is 0 Å². The average molecular weight is 1270 g/mol. The molecule has 0 aliphatic rings. The second-order valence-corrected chi connectivity index (χ2v) is 28.6. The second-order valence-electron chi connectivity index (χ2n) is 25.6. The van der Waals surface area contributed by atoms with Crippen molar-refractivity contribution < 1.29 is 80.2 Å². The maximum Gasteiger partial charge on any atom is 0.472 e. The molecule has 7 atom stereocenters. The van der Waals surface area contributed by atoms with Gasteiger partial charge in [0.05, 0.1) is 26.4 Å². The minimum atomic E-state index is -4.95. The van der Waals surface area contributed by atoms with Gasteiger partial charge in [-0.3, -0.25) is 37.3 Å². The molecule has 0 fully saturated rings. The summed E-state index contributed by atoms with van der Waals surface area (Å²) in [5, 5.41) is 10.6. The van der Waals surface area contributed by atoms with Crippen molar-refractivity contribution in [1.82, 2.24) is 0 Å². The van der Waals surface area contributed by atoms with E-state index in [1.165, 1.54) is 122 Å². The maximum absolute atomic E-state index is 13.0. The molecule has 5 unspecified atom stereocenters. The van der Waals surface area contributed by atoms with Crippen LogP contribution in [0.1, 0.15) is 325 Å². The predicted octanol–water partition coefficient (Wildman–Crippen LogP) is 18.5.